The fourth-order valence-electron chi connectivity index (χ4n) is 1.75. The molecular weight excluding hydrogens is 352 g/mol. The second-order valence-corrected chi connectivity index (χ2v) is 7.17. The van der Waals surface area contributed by atoms with Crippen LogP contribution in [0.15, 0.2) is 34.1 Å². The Morgan fingerprint density at radius 1 is 1.24 bits per heavy atom. The van der Waals surface area contributed by atoms with Crippen LogP contribution < -0.4 is 5.32 Å². The Labute approximate surface area is 135 Å². The van der Waals surface area contributed by atoms with Crippen molar-refractivity contribution in [2.75, 3.05) is 19.4 Å². The SMILES string of the molecule is Cc1cc(C(=O)Nc2cccc(C(=O)N(C)C)c2)sc1Br. The van der Waals surface area contributed by atoms with Crippen LogP contribution in [0, 0.1) is 6.92 Å². The molecule has 1 aromatic heterocycles. The Balaban J connectivity index is 2.18. The molecule has 0 atom stereocenters. The quantitative estimate of drug-likeness (QED) is 0.898. The summed E-state index contributed by atoms with van der Waals surface area (Å²) in [6.45, 7) is 1.94. The predicted octanol–water partition coefficient (Wildman–Crippen LogP) is 3.77. The van der Waals surface area contributed by atoms with E-state index in [2.05, 4.69) is 21.2 Å². The number of carbonyl (C=O) groups is 2. The van der Waals surface area contributed by atoms with Crippen LogP contribution in [-0.2, 0) is 0 Å². The van der Waals surface area contributed by atoms with Crippen LogP contribution in [0.5, 0.6) is 0 Å². The average molecular weight is 367 g/mol. The summed E-state index contributed by atoms with van der Waals surface area (Å²) in [5, 5.41) is 2.81. The van der Waals surface area contributed by atoms with E-state index in [0.29, 0.717) is 16.1 Å². The molecule has 0 fully saturated rings. The average Bonchev–Trinajstić information content (AvgIpc) is 2.78. The zero-order chi connectivity index (χ0) is 15.6. The minimum Gasteiger partial charge on any atom is -0.345 e. The molecule has 2 aromatic rings. The zero-order valence-corrected chi connectivity index (χ0v) is 14.3. The van der Waals surface area contributed by atoms with E-state index in [9.17, 15) is 9.59 Å². The van der Waals surface area contributed by atoms with Crippen LogP contribution in [0.25, 0.3) is 0 Å². The topological polar surface area (TPSA) is 49.4 Å². The fraction of sp³-hybridized carbons (Fsp3) is 0.200. The number of amides is 2. The van der Waals surface area contributed by atoms with E-state index >= 15 is 0 Å². The smallest absolute Gasteiger partial charge is 0.265 e. The Morgan fingerprint density at radius 3 is 2.52 bits per heavy atom. The molecule has 21 heavy (non-hydrogen) atoms. The number of carbonyl (C=O) groups excluding carboxylic acids is 2. The lowest BCUT2D eigenvalue weighted by molar-refractivity contribution is 0.0827. The maximum Gasteiger partial charge on any atom is 0.265 e. The van der Waals surface area contributed by atoms with Gasteiger partial charge in [-0.1, -0.05) is 6.07 Å². The summed E-state index contributed by atoms with van der Waals surface area (Å²) in [6.07, 6.45) is 0. The first kappa shape index (κ1) is 15.7. The summed E-state index contributed by atoms with van der Waals surface area (Å²) in [7, 11) is 3.39. The van der Waals surface area contributed by atoms with E-state index < -0.39 is 0 Å². The number of thiophene rings is 1. The number of aryl methyl sites for hydroxylation is 1. The second-order valence-electron chi connectivity index (χ2n) is 4.80. The number of nitrogens with zero attached hydrogens (tertiary/aromatic N) is 1. The molecule has 0 unspecified atom stereocenters. The van der Waals surface area contributed by atoms with Gasteiger partial charge in [0.25, 0.3) is 11.8 Å². The maximum absolute atomic E-state index is 12.2. The highest BCUT2D eigenvalue weighted by Gasteiger charge is 2.13. The van der Waals surface area contributed by atoms with Gasteiger partial charge in [0.05, 0.1) is 8.66 Å². The van der Waals surface area contributed by atoms with Crippen LogP contribution in [0.1, 0.15) is 25.6 Å². The van der Waals surface area contributed by atoms with Crippen LogP contribution in [0.3, 0.4) is 0 Å². The van der Waals surface area contributed by atoms with Crippen molar-refractivity contribution in [3.63, 3.8) is 0 Å². The number of hydrogen-bond donors (Lipinski definition) is 1. The standard InChI is InChI=1S/C15H15BrN2O2S/c1-9-7-12(21-13(9)16)14(19)17-11-6-4-5-10(8-11)15(20)18(2)3/h4-8H,1-3H3,(H,17,19). The lowest BCUT2D eigenvalue weighted by atomic mass is 10.2. The molecule has 0 spiro atoms. The van der Waals surface area contributed by atoms with Gasteiger partial charge in [-0.05, 0) is 52.7 Å². The van der Waals surface area contributed by atoms with Gasteiger partial charge < -0.3 is 10.2 Å². The highest BCUT2D eigenvalue weighted by molar-refractivity contribution is 9.11. The second kappa shape index (κ2) is 6.41. The Bertz CT molecular complexity index is 675. The minimum absolute atomic E-state index is 0.0965. The largest absolute Gasteiger partial charge is 0.345 e. The lowest BCUT2D eigenvalue weighted by Gasteiger charge is -2.11. The van der Waals surface area contributed by atoms with Crippen LogP contribution in [-0.4, -0.2) is 30.8 Å². The van der Waals surface area contributed by atoms with Gasteiger partial charge in [0.2, 0.25) is 0 Å². The lowest BCUT2D eigenvalue weighted by Crippen LogP contribution is -2.21. The van der Waals surface area contributed by atoms with Crippen LogP contribution in [0.2, 0.25) is 0 Å². The van der Waals surface area contributed by atoms with Gasteiger partial charge in [0.1, 0.15) is 0 Å². The molecule has 0 saturated carbocycles. The van der Waals surface area contributed by atoms with Gasteiger partial charge in [-0.15, -0.1) is 11.3 Å². The van der Waals surface area contributed by atoms with Crippen molar-refractivity contribution in [2.24, 2.45) is 0 Å². The van der Waals surface area contributed by atoms with E-state index in [0.717, 1.165) is 9.35 Å². The van der Waals surface area contributed by atoms with Crippen molar-refractivity contribution >= 4 is 44.8 Å². The third-order valence-corrected chi connectivity index (χ3v) is 4.99. The number of hydrogen-bond acceptors (Lipinski definition) is 3. The molecule has 0 aliphatic heterocycles. The molecule has 0 bridgehead atoms. The summed E-state index contributed by atoms with van der Waals surface area (Å²) in [5.74, 6) is -0.274. The molecule has 1 N–H and O–H groups in total. The zero-order valence-electron chi connectivity index (χ0n) is 11.9. The Kier molecular flexibility index (Phi) is 4.80. The van der Waals surface area contributed by atoms with Gasteiger partial charge in [-0.2, -0.15) is 0 Å². The third kappa shape index (κ3) is 3.71. The Hall–Kier alpha value is -1.66. The molecule has 1 aromatic carbocycles. The maximum atomic E-state index is 12.2. The van der Waals surface area contributed by atoms with E-state index in [1.165, 1.54) is 16.2 Å². The molecule has 0 aliphatic carbocycles. The highest BCUT2D eigenvalue weighted by Crippen LogP contribution is 2.28. The van der Waals surface area contributed by atoms with Crippen molar-refractivity contribution < 1.29 is 9.59 Å². The Morgan fingerprint density at radius 2 is 1.95 bits per heavy atom. The fourth-order valence-corrected chi connectivity index (χ4v) is 3.18. The number of nitrogens with one attached hydrogen (secondary N) is 1. The van der Waals surface area contributed by atoms with Gasteiger partial charge >= 0.3 is 0 Å². The summed E-state index contributed by atoms with van der Waals surface area (Å²) in [5.41, 5.74) is 2.18. The number of rotatable bonds is 3. The van der Waals surface area contributed by atoms with Crippen LogP contribution >= 0.6 is 27.3 Å². The number of benzene rings is 1. The molecule has 1 heterocycles. The summed E-state index contributed by atoms with van der Waals surface area (Å²) in [4.78, 5) is 26.2. The van der Waals surface area contributed by atoms with E-state index in [-0.39, 0.29) is 11.8 Å². The van der Waals surface area contributed by atoms with Crippen molar-refractivity contribution in [1.29, 1.82) is 0 Å². The van der Waals surface area contributed by atoms with Crippen molar-refractivity contribution in [3.05, 3.63) is 50.1 Å². The minimum atomic E-state index is -0.178. The molecular formula is C15H15BrN2O2S. The first-order chi connectivity index (χ1) is 9.88. The number of anilines is 1. The monoisotopic (exact) mass is 366 g/mol. The van der Waals surface area contributed by atoms with Gasteiger partial charge in [0, 0.05) is 25.3 Å². The summed E-state index contributed by atoms with van der Waals surface area (Å²) >= 11 is 4.79. The third-order valence-electron chi connectivity index (χ3n) is 2.85. The molecule has 4 nitrogen and oxygen atoms in total. The first-order valence-corrected chi connectivity index (χ1v) is 7.88. The molecule has 0 radical (unpaired) electrons. The number of halogens is 1. The summed E-state index contributed by atoms with van der Waals surface area (Å²) < 4.78 is 0.948. The first-order valence-electron chi connectivity index (χ1n) is 6.27. The van der Waals surface area contributed by atoms with Crippen molar-refractivity contribution in [2.45, 2.75) is 6.92 Å². The van der Waals surface area contributed by atoms with Crippen LogP contribution in [0.4, 0.5) is 5.69 Å². The molecule has 6 heteroatoms. The van der Waals surface area contributed by atoms with E-state index in [1.54, 1.807) is 38.4 Å². The molecule has 0 saturated heterocycles. The van der Waals surface area contributed by atoms with Gasteiger partial charge in [-0.3, -0.25) is 9.59 Å². The predicted molar refractivity (Wildman–Crippen MR) is 89.2 cm³/mol. The molecule has 0 aliphatic rings. The highest BCUT2D eigenvalue weighted by atomic mass is 79.9. The molecule has 2 rings (SSSR count). The van der Waals surface area contributed by atoms with Crippen molar-refractivity contribution in [1.82, 2.24) is 4.90 Å². The summed E-state index contributed by atoms with van der Waals surface area (Å²) in [6, 6.07) is 8.75. The normalized spacial score (nSPS) is 10.3. The molecule has 110 valence electrons. The van der Waals surface area contributed by atoms with Gasteiger partial charge in [0.15, 0.2) is 0 Å². The van der Waals surface area contributed by atoms with E-state index in [4.69, 9.17) is 0 Å². The van der Waals surface area contributed by atoms with Crippen molar-refractivity contribution in [3.8, 4) is 0 Å². The molecule has 2 amide bonds. The van der Waals surface area contributed by atoms with Gasteiger partial charge in [-0.25, -0.2) is 0 Å². The van der Waals surface area contributed by atoms with E-state index in [1.807, 2.05) is 13.0 Å².